The van der Waals surface area contributed by atoms with Crippen LogP contribution in [0, 0.1) is 11.6 Å². The van der Waals surface area contributed by atoms with Crippen molar-refractivity contribution in [2.24, 2.45) is 0 Å². The minimum absolute atomic E-state index is 0.00241. The van der Waals surface area contributed by atoms with Gasteiger partial charge in [0.1, 0.15) is 0 Å². The Morgan fingerprint density at radius 3 is 2.25 bits per heavy atom. The molecule has 0 aliphatic heterocycles. The van der Waals surface area contributed by atoms with Crippen molar-refractivity contribution in [2.45, 2.75) is 13.8 Å². The summed E-state index contributed by atoms with van der Waals surface area (Å²) in [4.78, 5) is 13.3. The van der Waals surface area contributed by atoms with Gasteiger partial charge < -0.3 is 10.6 Å². The lowest BCUT2D eigenvalue weighted by atomic mass is 10.1. The number of benzene rings is 1. The van der Waals surface area contributed by atoms with E-state index in [1.54, 1.807) is 13.8 Å². The SMILES string of the molecule is CCN(CC)C(=O)c1cc(F)c(F)cc1N. The normalized spacial score (nSPS) is 10.2. The smallest absolute Gasteiger partial charge is 0.256 e. The van der Waals surface area contributed by atoms with E-state index in [9.17, 15) is 13.6 Å². The molecule has 1 aromatic rings. The van der Waals surface area contributed by atoms with Gasteiger partial charge in [0.2, 0.25) is 0 Å². The van der Waals surface area contributed by atoms with Crippen LogP contribution >= 0.6 is 0 Å². The van der Waals surface area contributed by atoms with Crippen LogP contribution in [-0.2, 0) is 0 Å². The lowest BCUT2D eigenvalue weighted by Gasteiger charge is -2.19. The molecule has 0 radical (unpaired) electrons. The summed E-state index contributed by atoms with van der Waals surface area (Å²) >= 11 is 0. The summed E-state index contributed by atoms with van der Waals surface area (Å²) in [5, 5.41) is 0. The molecule has 0 saturated heterocycles. The van der Waals surface area contributed by atoms with Crippen LogP contribution in [0.5, 0.6) is 0 Å². The van der Waals surface area contributed by atoms with Crippen molar-refractivity contribution < 1.29 is 13.6 Å². The number of rotatable bonds is 3. The molecule has 0 aliphatic rings. The molecule has 1 amide bonds. The van der Waals surface area contributed by atoms with Crippen LogP contribution < -0.4 is 5.73 Å². The summed E-state index contributed by atoms with van der Waals surface area (Å²) in [5.41, 5.74) is 5.44. The van der Waals surface area contributed by atoms with E-state index in [-0.39, 0.29) is 17.2 Å². The first kappa shape index (κ1) is 12.4. The van der Waals surface area contributed by atoms with E-state index in [4.69, 9.17) is 5.73 Å². The minimum Gasteiger partial charge on any atom is -0.398 e. The Hall–Kier alpha value is -1.65. The van der Waals surface area contributed by atoms with Crippen molar-refractivity contribution in [2.75, 3.05) is 18.8 Å². The van der Waals surface area contributed by atoms with Gasteiger partial charge in [-0.25, -0.2) is 8.78 Å². The molecule has 0 unspecified atom stereocenters. The largest absolute Gasteiger partial charge is 0.398 e. The molecular weight excluding hydrogens is 214 g/mol. The Labute approximate surface area is 92.8 Å². The number of carbonyl (C=O) groups excluding carboxylic acids is 1. The number of hydrogen-bond donors (Lipinski definition) is 1. The van der Waals surface area contributed by atoms with Gasteiger partial charge in [-0.3, -0.25) is 4.79 Å². The van der Waals surface area contributed by atoms with Crippen molar-refractivity contribution in [3.63, 3.8) is 0 Å². The molecule has 5 heteroatoms. The van der Waals surface area contributed by atoms with Gasteiger partial charge in [-0.05, 0) is 19.9 Å². The number of nitrogen functional groups attached to an aromatic ring is 1. The molecule has 1 aromatic carbocycles. The van der Waals surface area contributed by atoms with E-state index in [1.165, 1.54) is 4.90 Å². The summed E-state index contributed by atoms with van der Waals surface area (Å²) in [7, 11) is 0. The number of amides is 1. The molecule has 0 aliphatic carbocycles. The number of hydrogen-bond acceptors (Lipinski definition) is 2. The van der Waals surface area contributed by atoms with E-state index >= 15 is 0 Å². The fourth-order valence-electron chi connectivity index (χ4n) is 1.43. The topological polar surface area (TPSA) is 46.3 Å². The van der Waals surface area contributed by atoms with Crippen molar-refractivity contribution in [3.05, 3.63) is 29.3 Å². The zero-order chi connectivity index (χ0) is 12.3. The molecule has 0 saturated carbocycles. The summed E-state index contributed by atoms with van der Waals surface area (Å²) < 4.78 is 25.8. The minimum atomic E-state index is -1.07. The van der Waals surface area contributed by atoms with Crippen LogP contribution in [-0.4, -0.2) is 23.9 Å². The van der Waals surface area contributed by atoms with Gasteiger partial charge in [-0.15, -0.1) is 0 Å². The Morgan fingerprint density at radius 2 is 1.75 bits per heavy atom. The van der Waals surface area contributed by atoms with Gasteiger partial charge in [-0.2, -0.15) is 0 Å². The van der Waals surface area contributed by atoms with Crippen molar-refractivity contribution in [3.8, 4) is 0 Å². The fourth-order valence-corrected chi connectivity index (χ4v) is 1.43. The Bertz CT molecular complexity index is 403. The second-order valence-electron chi connectivity index (χ2n) is 3.33. The molecule has 0 aromatic heterocycles. The zero-order valence-electron chi connectivity index (χ0n) is 9.26. The summed E-state index contributed by atoms with van der Waals surface area (Å²) in [5.74, 6) is -2.50. The van der Waals surface area contributed by atoms with Crippen molar-refractivity contribution in [1.29, 1.82) is 0 Å². The average molecular weight is 228 g/mol. The molecule has 0 heterocycles. The predicted molar refractivity (Wildman–Crippen MR) is 58.0 cm³/mol. The molecule has 0 spiro atoms. The fraction of sp³-hybridized carbons (Fsp3) is 0.364. The van der Waals surface area contributed by atoms with E-state index < -0.39 is 11.6 Å². The van der Waals surface area contributed by atoms with Crippen LogP contribution in [0.1, 0.15) is 24.2 Å². The maximum Gasteiger partial charge on any atom is 0.256 e. The van der Waals surface area contributed by atoms with Gasteiger partial charge >= 0.3 is 0 Å². The summed E-state index contributed by atoms with van der Waals surface area (Å²) in [6, 6.07) is 1.66. The standard InChI is InChI=1S/C11H14F2N2O/c1-3-15(4-2)11(16)7-5-8(12)9(13)6-10(7)14/h5-6H,3-4,14H2,1-2H3. The number of nitrogens with zero attached hydrogens (tertiary/aromatic N) is 1. The second-order valence-corrected chi connectivity index (χ2v) is 3.33. The Balaban J connectivity index is 3.13. The average Bonchev–Trinajstić information content (AvgIpc) is 2.25. The van der Waals surface area contributed by atoms with E-state index in [1.807, 2.05) is 0 Å². The van der Waals surface area contributed by atoms with Gasteiger partial charge in [0.15, 0.2) is 11.6 Å². The molecule has 1 rings (SSSR count). The van der Waals surface area contributed by atoms with E-state index in [0.717, 1.165) is 12.1 Å². The van der Waals surface area contributed by atoms with Crippen LogP contribution in [0.25, 0.3) is 0 Å². The zero-order valence-corrected chi connectivity index (χ0v) is 9.26. The van der Waals surface area contributed by atoms with Gasteiger partial charge in [-0.1, -0.05) is 0 Å². The second kappa shape index (κ2) is 4.92. The van der Waals surface area contributed by atoms with Crippen molar-refractivity contribution in [1.82, 2.24) is 4.90 Å². The van der Waals surface area contributed by atoms with Gasteiger partial charge in [0, 0.05) is 24.8 Å². The Morgan fingerprint density at radius 1 is 1.25 bits per heavy atom. The third-order valence-electron chi connectivity index (χ3n) is 2.37. The maximum absolute atomic E-state index is 13.0. The first-order valence-electron chi connectivity index (χ1n) is 5.05. The number of halogens is 2. The quantitative estimate of drug-likeness (QED) is 0.804. The third-order valence-corrected chi connectivity index (χ3v) is 2.37. The third kappa shape index (κ3) is 2.29. The maximum atomic E-state index is 13.0. The molecule has 2 N–H and O–H groups in total. The lowest BCUT2D eigenvalue weighted by Crippen LogP contribution is -2.31. The number of nitrogens with two attached hydrogens (primary N) is 1. The highest BCUT2D eigenvalue weighted by Crippen LogP contribution is 2.18. The van der Waals surface area contributed by atoms with Gasteiger partial charge in [0.25, 0.3) is 5.91 Å². The summed E-state index contributed by atoms with van der Waals surface area (Å²) in [6.07, 6.45) is 0. The van der Waals surface area contributed by atoms with E-state index in [2.05, 4.69) is 0 Å². The van der Waals surface area contributed by atoms with Gasteiger partial charge in [0.05, 0.1) is 5.56 Å². The van der Waals surface area contributed by atoms with Crippen LogP contribution in [0.3, 0.4) is 0 Å². The number of carbonyl (C=O) groups is 1. The van der Waals surface area contributed by atoms with Crippen molar-refractivity contribution >= 4 is 11.6 Å². The summed E-state index contributed by atoms with van der Waals surface area (Å²) in [6.45, 7) is 4.59. The highest BCUT2D eigenvalue weighted by Gasteiger charge is 2.18. The molecule has 0 bridgehead atoms. The highest BCUT2D eigenvalue weighted by molar-refractivity contribution is 5.99. The van der Waals surface area contributed by atoms with Crippen LogP contribution in [0.2, 0.25) is 0 Å². The van der Waals surface area contributed by atoms with Crippen LogP contribution in [0.15, 0.2) is 12.1 Å². The first-order valence-corrected chi connectivity index (χ1v) is 5.05. The van der Waals surface area contributed by atoms with E-state index in [0.29, 0.717) is 13.1 Å². The molecule has 88 valence electrons. The molecule has 16 heavy (non-hydrogen) atoms. The monoisotopic (exact) mass is 228 g/mol. The predicted octanol–water partition coefficient (Wildman–Crippen LogP) is 2.03. The molecule has 0 atom stereocenters. The molecule has 3 nitrogen and oxygen atoms in total. The Kier molecular flexibility index (Phi) is 3.82. The molecular formula is C11H14F2N2O. The highest BCUT2D eigenvalue weighted by atomic mass is 19.2. The lowest BCUT2D eigenvalue weighted by molar-refractivity contribution is 0.0773. The van der Waals surface area contributed by atoms with Crippen LogP contribution in [0.4, 0.5) is 14.5 Å². The number of anilines is 1. The first-order chi connectivity index (χ1) is 7.51. The molecule has 0 fully saturated rings.